The van der Waals surface area contributed by atoms with Crippen LogP contribution in [0.4, 0.5) is 17.1 Å². The minimum absolute atomic E-state index is 0.107. The van der Waals surface area contributed by atoms with Gasteiger partial charge in [-0.15, -0.1) is 0 Å². The van der Waals surface area contributed by atoms with Gasteiger partial charge in [-0.3, -0.25) is 20.2 Å². The van der Waals surface area contributed by atoms with Crippen molar-refractivity contribution >= 4 is 28.7 Å². The van der Waals surface area contributed by atoms with E-state index in [1.165, 1.54) is 24.9 Å². The largest absolute Gasteiger partial charge is 0.392 e. The highest BCUT2D eigenvalue weighted by molar-refractivity contribution is 6.30. The molecule has 0 amide bonds. The minimum atomic E-state index is -0.685. The van der Waals surface area contributed by atoms with E-state index >= 15 is 0 Å². The monoisotopic (exact) mass is 365 g/mol. The molecular formula is C16H16ClN3O5. The predicted molar refractivity (Wildman–Crippen MR) is 94.0 cm³/mol. The average molecular weight is 366 g/mol. The first kappa shape index (κ1) is 18.6. The van der Waals surface area contributed by atoms with Gasteiger partial charge >= 0.3 is 5.69 Å². The number of anilines is 1. The van der Waals surface area contributed by atoms with Crippen LogP contribution in [0.5, 0.6) is 0 Å². The van der Waals surface area contributed by atoms with Gasteiger partial charge in [0.15, 0.2) is 5.69 Å². The molecule has 2 rings (SSSR count). The molecule has 0 radical (unpaired) electrons. The Kier molecular flexibility index (Phi) is 5.55. The molecule has 8 nitrogen and oxygen atoms in total. The van der Waals surface area contributed by atoms with Crippen LogP contribution in [0.2, 0.25) is 5.02 Å². The molecule has 0 unspecified atom stereocenters. The summed E-state index contributed by atoms with van der Waals surface area (Å²) in [7, 11) is 1.54. The zero-order valence-electron chi connectivity index (χ0n) is 13.6. The highest BCUT2D eigenvalue weighted by atomic mass is 35.5. The van der Waals surface area contributed by atoms with Crippen molar-refractivity contribution < 1.29 is 15.0 Å². The molecule has 25 heavy (non-hydrogen) atoms. The van der Waals surface area contributed by atoms with E-state index in [2.05, 4.69) is 0 Å². The van der Waals surface area contributed by atoms with Crippen LogP contribution in [-0.4, -0.2) is 22.0 Å². The number of hydrogen-bond acceptors (Lipinski definition) is 6. The van der Waals surface area contributed by atoms with Crippen LogP contribution in [-0.2, 0) is 13.2 Å². The van der Waals surface area contributed by atoms with Gasteiger partial charge < -0.3 is 10.0 Å². The lowest BCUT2D eigenvalue weighted by Gasteiger charge is -2.21. The third kappa shape index (κ3) is 3.86. The van der Waals surface area contributed by atoms with Gasteiger partial charge in [0.1, 0.15) is 0 Å². The predicted octanol–water partition coefficient (Wildman–Crippen LogP) is 3.59. The Morgan fingerprint density at radius 2 is 1.88 bits per heavy atom. The molecule has 0 bridgehead atoms. The quantitative estimate of drug-likeness (QED) is 0.618. The second kappa shape index (κ2) is 7.45. The smallest absolute Gasteiger partial charge is 0.302 e. The zero-order chi connectivity index (χ0) is 18.7. The first-order valence-corrected chi connectivity index (χ1v) is 7.65. The Balaban J connectivity index is 2.62. The number of nitrogens with zero attached hydrogens (tertiary/aromatic N) is 3. The molecular weight excluding hydrogens is 350 g/mol. The maximum absolute atomic E-state index is 11.6. The maximum atomic E-state index is 11.6. The fourth-order valence-corrected chi connectivity index (χ4v) is 2.90. The number of nitro groups is 2. The number of aliphatic hydroxyl groups is 1. The molecule has 9 heteroatoms. The molecule has 0 atom stereocenters. The second-order valence-corrected chi connectivity index (χ2v) is 5.97. The molecule has 132 valence electrons. The number of nitro benzene ring substituents is 2. The molecule has 0 saturated carbocycles. The summed E-state index contributed by atoms with van der Waals surface area (Å²) in [6, 6.07) is 8.05. The summed E-state index contributed by atoms with van der Waals surface area (Å²) in [4.78, 5) is 23.1. The molecule has 0 saturated heterocycles. The van der Waals surface area contributed by atoms with Gasteiger partial charge in [-0.05, 0) is 30.2 Å². The van der Waals surface area contributed by atoms with Crippen LogP contribution in [0.15, 0.2) is 30.3 Å². The molecule has 1 N–H and O–H groups in total. The van der Waals surface area contributed by atoms with Crippen molar-refractivity contribution in [1.82, 2.24) is 0 Å². The SMILES string of the molecule is Cc1c(CO)cc([N+](=O)[O-])c(N(C)Cc2cccc(Cl)c2)c1[N+](=O)[O-]. The minimum Gasteiger partial charge on any atom is -0.392 e. The first-order valence-electron chi connectivity index (χ1n) is 7.28. The van der Waals surface area contributed by atoms with Crippen LogP contribution in [0.25, 0.3) is 0 Å². The molecule has 2 aromatic rings. The van der Waals surface area contributed by atoms with Gasteiger partial charge in [0.25, 0.3) is 5.69 Å². The van der Waals surface area contributed by atoms with Crippen LogP contribution in [0.1, 0.15) is 16.7 Å². The van der Waals surface area contributed by atoms with Gasteiger partial charge in [-0.2, -0.15) is 0 Å². The lowest BCUT2D eigenvalue weighted by Crippen LogP contribution is -2.20. The molecule has 2 aromatic carbocycles. The molecule has 0 fully saturated rings. The van der Waals surface area contributed by atoms with Gasteiger partial charge in [0.2, 0.25) is 0 Å². The Bertz CT molecular complexity index is 841. The van der Waals surface area contributed by atoms with Crippen LogP contribution in [0.3, 0.4) is 0 Å². The second-order valence-electron chi connectivity index (χ2n) is 5.54. The van der Waals surface area contributed by atoms with Gasteiger partial charge in [0, 0.05) is 30.2 Å². The summed E-state index contributed by atoms with van der Waals surface area (Å²) in [6.45, 7) is 1.14. The van der Waals surface area contributed by atoms with Gasteiger partial charge in [-0.25, -0.2) is 0 Å². The van der Waals surface area contributed by atoms with Crippen molar-refractivity contribution in [2.75, 3.05) is 11.9 Å². The van der Waals surface area contributed by atoms with E-state index in [4.69, 9.17) is 11.6 Å². The van der Waals surface area contributed by atoms with E-state index in [-0.39, 0.29) is 29.0 Å². The van der Waals surface area contributed by atoms with Crippen molar-refractivity contribution in [2.24, 2.45) is 0 Å². The lowest BCUT2D eigenvalue weighted by molar-refractivity contribution is -0.393. The van der Waals surface area contributed by atoms with Crippen LogP contribution < -0.4 is 4.90 Å². The fourth-order valence-electron chi connectivity index (χ4n) is 2.68. The maximum Gasteiger partial charge on any atom is 0.302 e. The van der Waals surface area contributed by atoms with Crippen molar-refractivity contribution in [2.45, 2.75) is 20.1 Å². The summed E-state index contributed by atoms with van der Waals surface area (Å²) < 4.78 is 0. The van der Waals surface area contributed by atoms with Gasteiger partial charge in [0.05, 0.1) is 16.5 Å². The summed E-state index contributed by atoms with van der Waals surface area (Å²) in [5.74, 6) is 0. The molecule has 0 aromatic heterocycles. The Hall–Kier alpha value is -2.71. The Morgan fingerprint density at radius 3 is 2.40 bits per heavy atom. The van der Waals surface area contributed by atoms with Crippen molar-refractivity contribution in [3.8, 4) is 0 Å². The van der Waals surface area contributed by atoms with Crippen LogP contribution in [0, 0.1) is 27.2 Å². The van der Waals surface area contributed by atoms with E-state index in [0.29, 0.717) is 5.02 Å². The van der Waals surface area contributed by atoms with E-state index in [1.807, 2.05) is 0 Å². The third-order valence-corrected chi connectivity index (χ3v) is 4.09. The average Bonchev–Trinajstić information content (AvgIpc) is 2.53. The summed E-state index contributed by atoms with van der Waals surface area (Å²) in [5, 5.41) is 32.8. The summed E-state index contributed by atoms with van der Waals surface area (Å²) >= 11 is 5.94. The summed E-state index contributed by atoms with van der Waals surface area (Å²) in [6.07, 6.45) is 0. The number of rotatable bonds is 6. The van der Waals surface area contributed by atoms with Crippen LogP contribution >= 0.6 is 11.6 Å². The first-order chi connectivity index (χ1) is 11.8. The third-order valence-electron chi connectivity index (χ3n) is 3.85. The molecule has 0 aliphatic heterocycles. The lowest BCUT2D eigenvalue weighted by atomic mass is 10.0. The van der Waals surface area contributed by atoms with Crippen molar-refractivity contribution in [1.29, 1.82) is 0 Å². The van der Waals surface area contributed by atoms with E-state index in [0.717, 1.165) is 5.56 Å². The van der Waals surface area contributed by atoms with Crippen molar-refractivity contribution in [3.05, 3.63) is 72.3 Å². The van der Waals surface area contributed by atoms with E-state index in [1.54, 1.807) is 24.3 Å². The number of benzene rings is 2. The number of halogens is 1. The fraction of sp³-hybridized carbons (Fsp3) is 0.250. The molecule has 0 spiro atoms. The summed E-state index contributed by atoms with van der Waals surface area (Å²) in [5.41, 5.74) is 0.185. The zero-order valence-corrected chi connectivity index (χ0v) is 14.4. The highest BCUT2D eigenvalue weighted by Gasteiger charge is 2.32. The number of aliphatic hydroxyl groups excluding tert-OH is 1. The van der Waals surface area contributed by atoms with E-state index < -0.39 is 22.1 Å². The van der Waals surface area contributed by atoms with Gasteiger partial charge in [-0.1, -0.05) is 23.7 Å². The molecule has 0 aliphatic carbocycles. The molecule has 0 heterocycles. The van der Waals surface area contributed by atoms with E-state index in [9.17, 15) is 25.3 Å². The molecule has 0 aliphatic rings. The number of hydrogen-bond donors (Lipinski definition) is 1. The van der Waals surface area contributed by atoms with Crippen molar-refractivity contribution in [3.63, 3.8) is 0 Å². The highest BCUT2D eigenvalue weighted by Crippen LogP contribution is 2.41. The normalized spacial score (nSPS) is 10.6. The topological polar surface area (TPSA) is 110 Å². The Morgan fingerprint density at radius 1 is 1.20 bits per heavy atom. The standard InChI is InChI=1S/C16H16ClN3O5/c1-10-12(9-21)7-14(19(22)23)16(15(10)20(24)25)18(2)8-11-4-3-5-13(17)6-11/h3-7,21H,8-9H2,1-2H3. The Labute approximate surface area is 148 Å².